The van der Waals surface area contributed by atoms with Gasteiger partial charge in [-0.1, -0.05) is 0 Å². The Morgan fingerprint density at radius 1 is 1.40 bits per heavy atom. The van der Waals surface area contributed by atoms with Crippen LogP contribution in [-0.4, -0.2) is 41.7 Å². The Balaban J connectivity index is 2.49. The van der Waals surface area contributed by atoms with Crippen molar-refractivity contribution < 1.29 is 5.11 Å². The van der Waals surface area contributed by atoms with Gasteiger partial charge in [-0.3, -0.25) is 4.98 Å². The first-order valence-corrected chi connectivity index (χ1v) is 5.09. The molecule has 0 aliphatic carbocycles. The van der Waals surface area contributed by atoms with E-state index in [-0.39, 0.29) is 6.04 Å². The van der Waals surface area contributed by atoms with Crippen LogP contribution in [0.1, 0.15) is 18.1 Å². The Labute approximate surface area is 90.7 Å². The van der Waals surface area contributed by atoms with Gasteiger partial charge >= 0.3 is 0 Å². The first-order valence-electron chi connectivity index (χ1n) is 5.09. The number of aliphatic hydroxyl groups is 1. The van der Waals surface area contributed by atoms with Crippen LogP contribution < -0.4 is 5.73 Å². The number of pyridine rings is 1. The summed E-state index contributed by atoms with van der Waals surface area (Å²) < 4.78 is 0. The van der Waals surface area contributed by atoms with Crippen LogP contribution in [0.3, 0.4) is 0 Å². The number of aliphatic hydroxyl groups excluding tert-OH is 1. The number of rotatable bonds is 5. The molecule has 1 aromatic heterocycles. The fourth-order valence-electron chi connectivity index (χ4n) is 1.37. The van der Waals surface area contributed by atoms with E-state index in [4.69, 9.17) is 5.73 Å². The lowest BCUT2D eigenvalue weighted by molar-refractivity contribution is 0.137. The van der Waals surface area contributed by atoms with Crippen LogP contribution in [0.2, 0.25) is 0 Å². The number of nitrogens with two attached hydrogens (primary N) is 1. The normalized spacial score (nSPS) is 15.3. The van der Waals surface area contributed by atoms with E-state index in [9.17, 15) is 5.11 Å². The number of nitrogens with zero attached hydrogens (tertiary/aromatic N) is 2. The van der Waals surface area contributed by atoms with Crippen molar-refractivity contribution in [1.29, 1.82) is 0 Å². The molecule has 15 heavy (non-hydrogen) atoms. The zero-order chi connectivity index (χ0) is 11.3. The smallest absolute Gasteiger partial charge is 0.0942 e. The molecule has 0 aliphatic heterocycles. The summed E-state index contributed by atoms with van der Waals surface area (Å²) in [6, 6.07) is 3.36. The van der Waals surface area contributed by atoms with Crippen LogP contribution in [0.5, 0.6) is 0 Å². The highest BCUT2D eigenvalue weighted by molar-refractivity contribution is 5.14. The third-order valence-corrected chi connectivity index (χ3v) is 2.36. The fraction of sp³-hybridized carbons (Fsp3) is 0.545. The lowest BCUT2D eigenvalue weighted by Gasteiger charge is -2.20. The van der Waals surface area contributed by atoms with Gasteiger partial charge in [-0.2, -0.15) is 0 Å². The molecular weight excluding hydrogens is 190 g/mol. The van der Waals surface area contributed by atoms with Gasteiger partial charge in [0.15, 0.2) is 0 Å². The lowest BCUT2D eigenvalue weighted by atomic mass is 10.0. The van der Waals surface area contributed by atoms with E-state index in [1.807, 2.05) is 14.1 Å². The van der Waals surface area contributed by atoms with Crippen molar-refractivity contribution in [2.45, 2.75) is 18.6 Å². The van der Waals surface area contributed by atoms with E-state index in [0.717, 1.165) is 18.5 Å². The Morgan fingerprint density at radius 2 is 2.00 bits per heavy atom. The molecule has 4 heteroatoms. The molecular formula is C11H19N3O. The predicted octanol–water partition coefficient (Wildman–Crippen LogP) is 0.394. The van der Waals surface area contributed by atoms with Crippen LogP contribution >= 0.6 is 0 Å². The maximum Gasteiger partial charge on any atom is 0.0942 e. The highest BCUT2D eigenvalue weighted by Gasteiger charge is 2.16. The average molecular weight is 209 g/mol. The molecule has 84 valence electrons. The zero-order valence-electron chi connectivity index (χ0n) is 9.30. The van der Waals surface area contributed by atoms with Crippen molar-refractivity contribution in [3.05, 3.63) is 30.1 Å². The quantitative estimate of drug-likeness (QED) is 0.736. The van der Waals surface area contributed by atoms with Crippen LogP contribution in [-0.2, 0) is 0 Å². The van der Waals surface area contributed by atoms with Gasteiger partial charge in [-0.05, 0) is 44.8 Å². The molecule has 0 saturated heterocycles. The second-order valence-electron chi connectivity index (χ2n) is 3.98. The molecule has 1 aromatic rings. The van der Waals surface area contributed by atoms with Crippen LogP contribution in [0, 0.1) is 0 Å². The molecule has 0 bridgehead atoms. The summed E-state index contributed by atoms with van der Waals surface area (Å²) in [4.78, 5) is 5.96. The van der Waals surface area contributed by atoms with Crippen molar-refractivity contribution in [1.82, 2.24) is 9.88 Å². The van der Waals surface area contributed by atoms with Gasteiger partial charge in [0.1, 0.15) is 0 Å². The molecule has 1 heterocycles. The minimum Gasteiger partial charge on any atom is -0.387 e. The monoisotopic (exact) mass is 209 g/mol. The van der Waals surface area contributed by atoms with Gasteiger partial charge in [0.05, 0.1) is 6.10 Å². The first-order chi connectivity index (χ1) is 7.11. The fourth-order valence-corrected chi connectivity index (χ4v) is 1.37. The van der Waals surface area contributed by atoms with Crippen molar-refractivity contribution >= 4 is 0 Å². The molecule has 0 fully saturated rings. The minimum absolute atomic E-state index is 0.227. The van der Waals surface area contributed by atoms with Gasteiger partial charge in [-0.15, -0.1) is 0 Å². The molecule has 0 aromatic carbocycles. The maximum atomic E-state index is 9.93. The van der Waals surface area contributed by atoms with Gasteiger partial charge in [-0.25, -0.2) is 0 Å². The highest BCUT2D eigenvalue weighted by atomic mass is 16.3. The third-order valence-electron chi connectivity index (χ3n) is 2.36. The molecule has 0 spiro atoms. The number of hydrogen-bond donors (Lipinski definition) is 2. The zero-order valence-corrected chi connectivity index (χ0v) is 9.30. The first kappa shape index (κ1) is 12.1. The van der Waals surface area contributed by atoms with Crippen LogP contribution in [0.25, 0.3) is 0 Å². The minimum atomic E-state index is -0.604. The van der Waals surface area contributed by atoms with Gasteiger partial charge < -0.3 is 15.7 Å². The van der Waals surface area contributed by atoms with E-state index in [1.165, 1.54) is 0 Å². The molecule has 0 aliphatic rings. The van der Waals surface area contributed by atoms with E-state index >= 15 is 0 Å². The van der Waals surface area contributed by atoms with Crippen LogP contribution in [0.4, 0.5) is 0 Å². The Kier molecular flexibility index (Phi) is 4.68. The summed E-state index contributed by atoms with van der Waals surface area (Å²) in [5, 5.41) is 9.93. The molecule has 3 N–H and O–H groups in total. The molecule has 0 amide bonds. The Morgan fingerprint density at radius 3 is 2.53 bits per heavy atom. The van der Waals surface area contributed by atoms with E-state index < -0.39 is 6.10 Å². The van der Waals surface area contributed by atoms with E-state index in [2.05, 4.69) is 9.88 Å². The largest absolute Gasteiger partial charge is 0.387 e. The summed E-state index contributed by atoms with van der Waals surface area (Å²) in [7, 11) is 3.98. The SMILES string of the molecule is CN(C)CCC(N)C(O)c1ccncc1. The van der Waals surface area contributed by atoms with Crippen molar-refractivity contribution in [2.24, 2.45) is 5.73 Å². The summed E-state index contributed by atoms with van der Waals surface area (Å²) in [6.45, 7) is 0.878. The Bertz CT molecular complexity index is 276. The van der Waals surface area contributed by atoms with E-state index in [0.29, 0.717) is 0 Å². The molecule has 0 saturated carbocycles. The second-order valence-corrected chi connectivity index (χ2v) is 3.98. The number of aromatic nitrogens is 1. The average Bonchev–Trinajstić information content (AvgIpc) is 2.26. The van der Waals surface area contributed by atoms with Crippen molar-refractivity contribution in [3.8, 4) is 0 Å². The maximum absolute atomic E-state index is 9.93. The van der Waals surface area contributed by atoms with Gasteiger partial charge in [0, 0.05) is 18.4 Å². The molecule has 1 rings (SSSR count). The molecule has 0 radical (unpaired) electrons. The van der Waals surface area contributed by atoms with Gasteiger partial charge in [0.2, 0.25) is 0 Å². The topological polar surface area (TPSA) is 62.4 Å². The summed E-state index contributed by atoms with van der Waals surface area (Å²) in [5.74, 6) is 0. The van der Waals surface area contributed by atoms with Crippen LogP contribution in [0.15, 0.2) is 24.5 Å². The molecule has 2 unspecified atom stereocenters. The molecule has 2 atom stereocenters. The lowest BCUT2D eigenvalue weighted by Crippen LogP contribution is -2.32. The second kappa shape index (κ2) is 5.80. The summed E-state index contributed by atoms with van der Waals surface area (Å²) in [6.07, 6.45) is 3.50. The highest BCUT2D eigenvalue weighted by Crippen LogP contribution is 2.16. The summed E-state index contributed by atoms with van der Waals surface area (Å²) >= 11 is 0. The molecule has 4 nitrogen and oxygen atoms in total. The Hall–Kier alpha value is -0.970. The predicted molar refractivity (Wildman–Crippen MR) is 60.3 cm³/mol. The van der Waals surface area contributed by atoms with Gasteiger partial charge in [0.25, 0.3) is 0 Å². The third kappa shape index (κ3) is 3.95. The van der Waals surface area contributed by atoms with E-state index in [1.54, 1.807) is 24.5 Å². The standard InChI is InChI=1S/C11H19N3O/c1-14(2)8-5-10(12)11(15)9-3-6-13-7-4-9/h3-4,6-7,10-11,15H,5,8,12H2,1-2H3. The summed E-state index contributed by atoms with van der Waals surface area (Å²) in [5.41, 5.74) is 6.73. The number of hydrogen-bond acceptors (Lipinski definition) is 4. The van der Waals surface area contributed by atoms with Crippen molar-refractivity contribution in [3.63, 3.8) is 0 Å². The van der Waals surface area contributed by atoms with Crippen molar-refractivity contribution in [2.75, 3.05) is 20.6 Å².